The molecule has 1 amide bonds. The summed E-state index contributed by atoms with van der Waals surface area (Å²) in [6.07, 6.45) is 6.57. The van der Waals surface area contributed by atoms with Crippen molar-refractivity contribution < 1.29 is 4.79 Å². The van der Waals surface area contributed by atoms with Gasteiger partial charge in [0.1, 0.15) is 0 Å². The molecule has 0 spiro atoms. The first kappa shape index (κ1) is 16.4. The lowest BCUT2D eigenvalue weighted by Crippen LogP contribution is -2.56. The quantitative estimate of drug-likeness (QED) is 0.740. The molecule has 1 rings (SSSR count). The van der Waals surface area contributed by atoms with E-state index in [9.17, 15) is 4.79 Å². The van der Waals surface area contributed by atoms with E-state index in [0.29, 0.717) is 13.0 Å². The largest absolute Gasteiger partial charge is 0.359 e. The summed E-state index contributed by atoms with van der Waals surface area (Å²) < 4.78 is 0. The number of amides is 1. The first-order valence-electron chi connectivity index (χ1n) is 7.73. The van der Waals surface area contributed by atoms with Crippen molar-refractivity contribution in [2.24, 2.45) is 11.7 Å². The first-order chi connectivity index (χ1) is 9.07. The van der Waals surface area contributed by atoms with Crippen molar-refractivity contribution in [2.75, 3.05) is 26.7 Å². The molecule has 0 saturated heterocycles. The molecule has 1 aliphatic carbocycles. The highest BCUT2D eigenvalue weighted by molar-refractivity contribution is 5.75. The fourth-order valence-corrected chi connectivity index (χ4v) is 3.17. The van der Waals surface area contributed by atoms with Gasteiger partial charge in [-0.3, -0.25) is 9.69 Å². The molecule has 0 heterocycles. The van der Waals surface area contributed by atoms with Gasteiger partial charge in [-0.05, 0) is 44.6 Å². The van der Waals surface area contributed by atoms with Crippen LogP contribution in [0.3, 0.4) is 0 Å². The van der Waals surface area contributed by atoms with Gasteiger partial charge in [0.25, 0.3) is 0 Å². The van der Waals surface area contributed by atoms with Crippen molar-refractivity contribution in [2.45, 2.75) is 57.9 Å². The molecule has 0 aromatic heterocycles. The summed E-state index contributed by atoms with van der Waals surface area (Å²) >= 11 is 0. The maximum Gasteiger partial charge on any atom is 0.221 e. The number of nitrogens with one attached hydrogen (secondary N) is 1. The number of hydrogen-bond acceptors (Lipinski definition) is 3. The molecule has 4 nitrogen and oxygen atoms in total. The number of carbonyl (C=O) groups excluding carboxylic acids is 1. The number of rotatable bonds is 7. The molecule has 0 atom stereocenters. The van der Waals surface area contributed by atoms with Crippen LogP contribution in [0.4, 0.5) is 0 Å². The summed E-state index contributed by atoms with van der Waals surface area (Å²) in [5.74, 6) is 0.944. The smallest absolute Gasteiger partial charge is 0.221 e. The summed E-state index contributed by atoms with van der Waals surface area (Å²) in [4.78, 5) is 14.0. The summed E-state index contributed by atoms with van der Waals surface area (Å²) in [7, 11) is 1.70. The Labute approximate surface area is 118 Å². The van der Waals surface area contributed by atoms with E-state index < -0.39 is 0 Å². The van der Waals surface area contributed by atoms with Crippen LogP contribution >= 0.6 is 0 Å². The topological polar surface area (TPSA) is 58.4 Å². The Morgan fingerprint density at radius 2 is 2.00 bits per heavy atom. The summed E-state index contributed by atoms with van der Waals surface area (Å²) in [5, 5.41) is 2.71. The average molecular weight is 269 g/mol. The molecule has 0 unspecified atom stereocenters. The third-order valence-corrected chi connectivity index (χ3v) is 4.64. The molecular weight excluding hydrogens is 238 g/mol. The van der Waals surface area contributed by atoms with Crippen LogP contribution in [0.25, 0.3) is 0 Å². The van der Waals surface area contributed by atoms with Crippen molar-refractivity contribution in [1.29, 1.82) is 0 Å². The molecule has 19 heavy (non-hydrogen) atoms. The predicted molar refractivity (Wildman–Crippen MR) is 80.0 cm³/mol. The molecule has 0 aromatic rings. The van der Waals surface area contributed by atoms with Crippen LogP contribution in [0.2, 0.25) is 0 Å². The Kier molecular flexibility index (Phi) is 6.80. The van der Waals surface area contributed by atoms with Crippen LogP contribution in [0.1, 0.15) is 52.4 Å². The summed E-state index contributed by atoms with van der Waals surface area (Å²) in [6, 6.07) is 0. The van der Waals surface area contributed by atoms with Gasteiger partial charge in [0.15, 0.2) is 0 Å². The van der Waals surface area contributed by atoms with Crippen LogP contribution in [-0.4, -0.2) is 43.0 Å². The van der Waals surface area contributed by atoms with E-state index in [-0.39, 0.29) is 11.4 Å². The normalized spacial score (nSPS) is 27.5. The first-order valence-corrected chi connectivity index (χ1v) is 7.73. The van der Waals surface area contributed by atoms with Gasteiger partial charge in [-0.1, -0.05) is 13.8 Å². The Hall–Kier alpha value is -0.610. The predicted octanol–water partition coefficient (Wildman–Crippen LogP) is 1.74. The zero-order chi connectivity index (χ0) is 14.3. The minimum atomic E-state index is 0.123. The standard InChI is InChI=1S/C15H31N3O/c1-4-10-18(11-7-14(19)17-3)15(12-16)8-5-13(2)6-9-15/h13H,4-12,16H2,1-3H3,(H,17,19). The minimum absolute atomic E-state index is 0.123. The average Bonchev–Trinajstić information content (AvgIpc) is 2.44. The van der Waals surface area contributed by atoms with Gasteiger partial charge in [0, 0.05) is 32.1 Å². The van der Waals surface area contributed by atoms with Gasteiger partial charge >= 0.3 is 0 Å². The third-order valence-electron chi connectivity index (χ3n) is 4.64. The van der Waals surface area contributed by atoms with Gasteiger partial charge in [0.2, 0.25) is 5.91 Å². The second-order valence-corrected chi connectivity index (χ2v) is 6.02. The zero-order valence-corrected chi connectivity index (χ0v) is 12.9. The summed E-state index contributed by atoms with van der Waals surface area (Å²) in [5.41, 5.74) is 6.25. The third kappa shape index (κ3) is 4.46. The second-order valence-electron chi connectivity index (χ2n) is 6.02. The van der Waals surface area contributed by atoms with Crippen molar-refractivity contribution in [3.05, 3.63) is 0 Å². The molecule has 1 fully saturated rings. The zero-order valence-electron chi connectivity index (χ0n) is 12.9. The molecule has 0 aromatic carbocycles. The van der Waals surface area contributed by atoms with E-state index in [1.165, 1.54) is 25.7 Å². The van der Waals surface area contributed by atoms with E-state index >= 15 is 0 Å². The van der Waals surface area contributed by atoms with Crippen LogP contribution in [0.15, 0.2) is 0 Å². The van der Waals surface area contributed by atoms with Gasteiger partial charge in [0.05, 0.1) is 0 Å². The van der Waals surface area contributed by atoms with E-state index in [1.54, 1.807) is 7.05 Å². The molecule has 0 bridgehead atoms. The highest BCUT2D eigenvalue weighted by atomic mass is 16.1. The highest BCUT2D eigenvalue weighted by Gasteiger charge is 2.37. The molecule has 1 saturated carbocycles. The van der Waals surface area contributed by atoms with Crippen molar-refractivity contribution >= 4 is 5.91 Å². The van der Waals surface area contributed by atoms with Crippen LogP contribution in [0, 0.1) is 5.92 Å². The number of nitrogens with two attached hydrogens (primary N) is 1. The van der Waals surface area contributed by atoms with Gasteiger partial charge in [-0.15, -0.1) is 0 Å². The maximum absolute atomic E-state index is 11.5. The van der Waals surface area contributed by atoms with Crippen molar-refractivity contribution in [1.82, 2.24) is 10.2 Å². The van der Waals surface area contributed by atoms with Crippen LogP contribution in [0.5, 0.6) is 0 Å². The van der Waals surface area contributed by atoms with Gasteiger partial charge < -0.3 is 11.1 Å². The van der Waals surface area contributed by atoms with Crippen LogP contribution < -0.4 is 11.1 Å². The minimum Gasteiger partial charge on any atom is -0.359 e. The number of carbonyl (C=O) groups is 1. The second kappa shape index (κ2) is 7.85. The molecule has 0 radical (unpaired) electrons. The lowest BCUT2D eigenvalue weighted by Gasteiger charge is -2.47. The molecule has 0 aliphatic heterocycles. The SMILES string of the molecule is CCCN(CCC(=O)NC)C1(CN)CCC(C)CC1. The molecule has 112 valence electrons. The van der Waals surface area contributed by atoms with E-state index in [1.807, 2.05) is 0 Å². The molecular formula is C15H31N3O. The Morgan fingerprint density at radius 1 is 1.37 bits per heavy atom. The van der Waals surface area contributed by atoms with Gasteiger partial charge in [-0.25, -0.2) is 0 Å². The Morgan fingerprint density at radius 3 is 2.47 bits per heavy atom. The Balaban J connectivity index is 2.67. The van der Waals surface area contributed by atoms with Crippen LogP contribution in [-0.2, 0) is 4.79 Å². The Bertz CT molecular complexity index is 273. The number of nitrogens with zero attached hydrogens (tertiary/aromatic N) is 1. The highest BCUT2D eigenvalue weighted by Crippen LogP contribution is 2.36. The number of hydrogen-bond donors (Lipinski definition) is 2. The lowest BCUT2D eigenvalue weighted by molar-refractivity contribution is -0.121. The monoisotopic (exact) mass is 269 g/mol. The summed E-state index contributed by atoms with van der Waals surface area (Å²) in [6.45, 7) is 7.12. The molecule has 3 N–H and O–H groups in total. The van der Waals surface area contributed by atoms with E-state index in [2.05, 4.69) is 24.1 Å². The van der Waals surface area contributed by atoms with E-state index in [0.717, 1.165) is 25.4 Å². The molecule has 1 aliphatic rings. The van der Waals surface area contributed by atoms with Crippen molar-refractivity contribution in [3.8, 4) is 0 Å². The van der Waals surface area contributed by atoms with Gasteiger partial charge in [-0.2, -0.15) is 0 Å². The maximum atomic E-state index is 11.5. The van der Waals surface area contributed by atoms with Crippen molar-refractivity contribution in [3.63, 3.8) is 0 Å². The molecule has 4 heteroatoms. The fraction of sp³-hybridized carbons (Fsp3) is 0.933. The van der Waals surface area contributed by atoms with E-state index in [4.69, 9.17) is 5.73 Å². The fourth-order valence-electron chi connectivity index (χ4n) is 3.17. The lowest BCUT2D eigenvalue weighted by atomic mass is 9.76.